The van der Waals surface area contributed by atoms with Crippen molar-refractivity contribution in [2.75, 3.05) is 13.1 Å². The van der Waals surface area contributed by atoms with E-state index in [2.05, 4.69) is 17.1 Å². The Morgan fingerprint density at radius 3 is 2.61 bits per heavy atom. The van der Waals surface area contributed by atoms with Gasteiger partial charge in [-0.3, -0.25) is 14.6 Å². The van der Waals surface area contributed by atoms with E-state index in [1.54, 1.807) is 6.20 Å². The minimum Gasteiger partial charge on any atom is -0.369 e. The average molecular weight is 420 g/mol. The first-order chi connectivity index (χ1) is 15.1. The van der Waals surface area contributed by atoms with Crippen molar-refractivity contribution in [2.45, 2.75) is 57.8 Å². The number of pyridine rings is 1. The van der Waals surface area contributed by atoms with Gasteiger partial charge in [-0.15, -0.1) is 0 Å². The van der Waals surface area contributed by atoms with Crippen LogP contribution in [-0.2, 0) is 16.0 Å². The van der Waals surface area contributed by atoms with Gasteiger partial charge in [-0.1, -0.05) is 49.6 Å². The molecule has 1 saturated heterocycles. The first-order valence-corrected chi connectivity index (χ1v) is 11.6. The fourth-order valence-electron chi connectivity index (χ4n) is 5.33. The molecule has 0 bridgehead atoms. The van der Waals surface area contributed by atoms with Crippen molar-refractivity contribution in [1.29, 1.82) is 0 Å². The molecule has 2 amide bonds. The van der Waals surface area contributed by atoms with Crippen LogP contribution in [0.1, 0.15) is 56.9 Å². The van der Waals surface area contributed by atoms with Gasteiger partial charge in [-0.25, -0.2) is 0 Å². The Morgan fingerprint density at radius 1 is 1.06 bits per heavy atom. The molecule has 164 valence electrons. The molecule has 2 aromatic rings. The fourth-order valence-corrected chi connectivity index (χ4v) is 5.33. The van der Waals surface area contributed by atoms with Crippen molar-refractivity contribution in [3.8, 4) is 11.1 Å². The summed E-state index contributed by atoms with van der Waals surface area (Å²) >= 11 is 0. The number of aromatic nitrogens is 1. The van der Waals surface area contributed by atoms with Gasteiger partial charge in [-0.05, 0) is 60.8 Å². The highest BCUT2D eigenvalue weighted by Gasteiger charge is 2.42. The first kappa shape index (κ1) is 21.5. The summed E-state index contributed by atoms with van der Waals surface area (Å²) in [5, 5.41) is 0. The Kier molecular flexibility index (Phi) is 6.69. The summed E-state index contributed by atoms with van der Waals surface area (Å²) in [6.07, 6.45) is 12.4. The maximum Gasteiger partial charge on any atom is 0.225 e. The second kappa shape index (κ2) is 9.63. The highest BCUT2D eigenvalue weighted by Crippen LogP contribution is 2.36. The monoisotopic (exact) mass is 419 g/mol. The van der Waals surface area contributed by atoms with Crippen molar-refractivity contribution in [2.24, 2.45) is 17.1 Å². The van der Waals surface area contributed by atoms with Gasteiger partial charge < -0.3 is 10.6 Å². The smallest absolute Gasteiger partial charge is 0.225 e. The van der Waals surface area contributed by atoms with Gasteiger partial charge >= 0.3 is 0 Å². The summed E-state index contributed by atoms with van der Waals surface area (Å²) < 4.78 is 0. The lowest BCUT2D eigenvalue weighted by Crippen LogP contribution is -2.53. The molecule has 1 saturated carbocycles. The molecular weight excluding hydrogens is 386 g/mol. The standard InChI is InChI=1S/C26H33N3O2/c27-25(31)26(17-21-9-4-10-22(15-21)23-11-5-13-28-18-23)12-6-14-29(19-26)24(30)16-20-7-2-1-3-8-20/h4-5,9-11,13,15,18,20H,1-3,6-8,12,14,16-17,19H2,(H2,27,31)/t26-/m0/s1. The molecule has 1 aromatic carbocycles. The zero-order valence-corrected chi connectivity index (χ0v) is 18.3. The van der Waals surface area contributed by atoms with E-state index in [0.717, 1.165) is 48.9 Å². The van der Waals surface area contributed by atoms with Crippen molar-refractivity contribution in [3.63, 3.8) is 0 Å². The maximum atomic E-state index is 13.0. The SMILES string of the molecule is NC(=O)[C@]1(Cc2cccc(-c3cccnc3)c2)CCCN(C(=O)CC2CCCCC2)C1. The molecule has 31 heavy (non-hydrogen) atoms. The zero-order chi connectivity index (χ0) is 21.7. The third-order valence-electron chi connectivity index (χ3n) is 7.10. The predicted molar refractivity (Wildman–Crippen MR) is 122 cm³/mol. The summed E-state index contributed by atoms with van der Waals surface area (Å²) in [7, 11) is 0. The van der Waals surface area contributed by atoms with Crippen LogP contribution in [0.4, 0.5) is 0 Å². The van der Waals surface area contributed by atoms with Crippen LogP contribution in [0.3, 0.4) is 0 Å². The molecule has 2 N–H and O–H groups in total. The number of carbonyl (C=O) groups is 2. The number of piperidine rings is 1. The van der Waals surface area contributed by atoms with Crippen LogP contribution in [0.5, 0.6) is 0 Å². The largest absolute Gasteiger partial charge is 0.369 e. The second-order valence-electron chi connectivity index (χ2n) is 9.39. The third-order valence-corrected chi connectivity index (χ3v) is 7.10. The molecule has 0 radical (unpaired) electrons. The quantitative estimate of drug-likeness (QED) is 0.756. The molecule has 4 rings (SSSR count). The van der Waals surface area contributed by atoms with Crippen LogP contribution in [0, 0.1) is 11.3 Å². The van der Waals surface area contributed by atoms with E-state index in [9.17, 15) is 9.59 Å². The molecule has 2 fully saturated rings. The molecule has 5 heteroatoms. The summed E-state index contributed by atoms with van der Waals surface area (Å²) in [5.74, 6) is 0.401. The molecule has 0 spiro atoms. The molecule has 2 heterocycles. The van der Waals surface area contributed by atoms with Gasteiger partial charge in [0.25, 0.3) is 0 Å². The summed E-state index contributed by atoms with van der Waals surface area (Å²) in [5.41, 5.74) is 8.45. The van der Waals surface area contributed by atoms with Gasteiger partial charge in [0, 0.05) is 31.9 Å². The Bertz CT molecular complexity index is 908. The predicted octanol–water partition coefficient (Wildman–Crippen LogP) is 4.36. The van der Waals surface area contributed by atoms with Crippen molar-refractivity contribution in [1.82, 2.24) is 9.88 Å². The van der Waals surface area contributed by atoms with Gasteiger partial charge in [0.2, 0.25) is 11.8 Å². The van der Waals surface area contributed by atoms with Crippen LogP contribution in [-0.4, -0.2) is 34.8 Å². The maximum absolute atomic E-state index is 13.0. The summed E-state index contributed by atoms with van der Waals surface area (Å²) in [4.78, 5) is 31.8. The average Bonchev–Trinajstić information content (AvgIpc) is 2.80. The molecule has 1 atom stereocenters. The molecule has 2 aliphatic rings. The van der Waals surface area contributed by atoms with Gasteiger partial charge in [0.05, 0.1) is 5.41 Å². The number of hydrogen-bond acceptors (Lipinski definition) is 3. The molecular formula is C26H33N3O2. The first-order valence-electron chi connectivity index (χ1n) is 11.6. The lowest BCUT2D eigenvalue weighted by molar-refractivity contribution is -0.140. The molecule has 1 aliphatic heterocycles. The van der Waals surface area contributed by atoms with Gasteiger partial charge in [0.15, 0.2) is 0 Å². The number of nitrogens with zero attached hydrogens (tertiary/aromatic N) is 2. The Hall–Kier alpha value is -2.69. The minimum absolute atomic E-state index is 0.196. The second-order valence-corrected chi connectivity index (χ2v) is 9.39. The number of primary amides is 1. The molecule has 5 nitrogen and oxygen atoms in total. The van der Waals surface area contributed by atoms with E-state index in [1.165, 1.54) is 19.3 Å². The lowest BCUT2D eigenvalue weighted by atomic mass is 9.74. The normalized spacial score (nSPS) is 22.3. The van der Waals surface area contributed by atoms with E-state index in [0.29, 0.717) is 25.3 Å². The van der Waals surface area contributed by atoms with Crippen LogP contribution >= 0.6 is 0 Å². The van der Waals surface area contributed by atoms with Crippen LogP contribution in [0.25, 0.3) is 11.1 Å². The Balaban J connectivity index is 1.49. The fraction of sp³-hybridized carbons (Fsp3) is 0.500. The van der Waals surface area contributed by atoms with Crippen molar-refractivity contribution < 1.29 is 9.59 Å². The summed E-state index contributed by atoms with van der Waals surface area (Å²) in [6, 6.07) is 12.2. The topological polar surface area (TPSA) is 76.3 Å². The number of nitrogens with two attached hydrogens (primary N) is 1. The highest BCUT2D eigenvalue weighted by atomic mass is 16.2. The van der Waals surface area contributed by atoms with E-state index in [4.69, 9.17) is 5.73 Å². The van der Waals surface area contributed by atoms with Gasteiger partial charge in [0.1, 0.15) is 0 Å². The number of benzene rings is 1. The Morgan fingerprint density at radius 2 is 1.87 bits per heavy atom. The number of likely N-dealkylation sites (tertiary alicyclic amines) is 1. The van der Waals surface area contributed by atoms with Crippen LogP contribution in [0.2, 0.25) is 0 Å². The van der Waals surface area contributed by atoms with E-state index in [1.807, 2.05) is 35.4 Å². The number of carbonyl (C=O) groups excluding carboxylic acids is 2. The van der Waals surface area contributed by atoms with E-state index < -0.39 is 5.41 Å². The van der Waals surface area contributed by atoms with Crippen molar-refractivity contribution in [3.05, 3.63) is 54.4 Å². The Labute approximate surface area is 185 Å². The van der Waals surface area contributed by atoms with E-state index in [-0.39, 0.29) is 11.8 Å². The van der Waals surface area contributed by atoms with Crippen LogP contribution in [0.15, 0.2) is 48.8 Å². The zero-order valence-electron chi connectivity index (χ0n) is 18.3. The lowest BCUT2D eigenvalue weighted by Gasteiger charge is -2.41. The highest BCUT2D eigenvalue weighted by molar-refractivity contribution is 5.83. The third kappa shape index (κ3) is 5.15. The molecule has 0 unspecified atom stereocenters. The number of rotatable bonds is 6. The minimum atomic E-state index is -0.700. The van der Waals surface area contributed by atoms with Gasteiger partial charge in [-0.2, -0.15) is 0 Å². The van der Waals surface area contributed by atoms with Crippen molar-refractivity contribution >= 4 is 11.8 Å². The number of amides is 2. The molecule has 1 aliphatic carbocycles. The number of hydrogen-bond donors (Lipinski definition) is 1. The summed E-state index contributed by atoms with van der Waals surface area (Å²) in [6.45, 7) is 1.17. The van der Waals surface area contributed by atoms with E-state index >= 15 is 0 Å². The van der Waals surface area contributed by atoms with Crippen LogP contribution < -0.4 is 5.73 Å². The molecule has 1 aromatic heterocycles.